The minimum absolute atomic E-state index is 0.0134. The Balaban J connectivity index is 1.76. The van der Waals surface area contributed by atoms with Gasteiger partial charge in [-0.2, -0.15) is 0 Å². The van der Waals surface area contributed by atoms with E-state index in [0.717, 1.165) is 0 Å². The highest BCUT2D eigenvalue weighted by molar-refractivity contribution is 7.92. The fraction of sp³-hybridized carbons (Fsp3) is 0.143. The van der Waals surface area contributed by atoms with Gasteiger partial charge in [-0.25, -0.2) is 8.42 Å². The summed E-state index contributed by atoms with van der Waals surface area (Å²) in [7, 11) is -3.88. The summed E-state index contributed by atoms with van der Waals surface area (Å²) >= 11 is 7.42. The summed E-state index contributed by atoms with van der Waals surface area (Å²) in [5.41, 5.74) is 0.670. The normalized spacial score (nSPS) is 11.0. The van der Waals surface area contributed by atoms with E-state index in [1.807, 2.05) is 0 Å². The van der Waals surface area contributed by atoms with Gasteiger partial charge < -0.3 is 10.6 Å². The molecule has 162 valence electrons. The van der Waals surface area contributed by atoms with E-state index in [-0.39, 0.29) is 34.6 Å². The number of nitrogens with zero attached hydrogens (tertiary/aromatic N) is 1. The van der Waals surface area contributed by atoms with Crippen molar-refractivity contribution in [1.29, 1.82) is 0 Å². The Morgan fingerprint density at radius 1 is 1.06 bits per heavy atom. The highest BCUT2D eigenvalue weighted by atomic mass is 35.5. The lowest BCUT2D eigenvalue weighted by Crippen LogP contribution is -2.33. The fourth-order valence-corrected chi connectivity index (χ4v) is 5.13. The first kappa shape index (κ1) is 22.8. The highest BCUT2D eigenvalue weighted by Gasteiger charge is 2.24. The monoisotopic (exact) mass is 477 g/mol. The Morgan fingerprint density at radius 2 is 1.81 bits per heavy atom. The minimum atomic E-state index is -3.88. The highest BCUT2D eigenvalue weighted by Crippen LogP contribution is 2.29. The topological polar surface area (TPSA) is 95.6 Å². The molecule has 0 radical (unpaired) electrons. The second kappa shape index (κ2) is 9.95. The number of carbonyl (C=O) groups is 2. The standard InChI is InChI=1S/C21H20ClN3O4S2/c1-2-25(15-7-4-3-5-8-15)31(28,29)16-10-11-17(22)18(13-16)24-20(26)14-23-21(27)19-9-6-12-30-19/h3-13H,2,14H2,1H3,(H,23,27)(H,24,26). The van der Waals surface area contributed by atoms with Gasteiger partial charge in [-0.05, 0) is 48.7 Å². The molecule has 0 bridgehead atoms. The third-order valence-corrected chi connectivity index (χ3v) is 7.38. The summed E-state index contributed by atoms with van der Waals surface area (Å²) in [6, 6.07) is 16.2. The van der Waals surface area contributed by atoms with Gasteiger partial charge in [0, 0.05) is 6.54 Å². The molecule has 0 aliphatic heterocycles. The van der Waals surface area contributed by atoms with Gasteiger partial charge in [0.15, 0.2) is 0 Å². The molecule has 7 nitrogen and oxygen atoms in total. The molecule has 2 amide bonds. The smallest absolute Gasteiger partial charge is 0.264 e. The summed E-state index contributed by atoms with van der Waals surface area (Å²) in [4.78, 5) is 24.7. The molecule has 2 aromatic carbocycles. The van der Waals surface area contributed by atoms with Crippen molar-refractivity contribution in [2.75, 3.05) is 22.7 Å². The van der Waals surface area contributed by atoms with Crippen molar-refractivity contribution in [3.05, 3.63) is 75.9 Å². The lowest BCUT2D eigenvalue weighted by molar-refractivity contribution is -0.115. The summed E-state index contributed by atoms with van der Waals surface area (Å²) in [5.74, 6) is -0.897. The third-order valence-electron chi connectivity index (χ3n) is 4.29. The zero-order valence-corrected chi connectivity index (χ0v) is 18.9. The molecule has 0 saturated carbocycles. The van der Waals surface area contributed by atoms with Gasteiger partial charge in [0.05, 0.1) is 32.7 Å². The molecule has 0 spiro atoms. The van der Waals surface area contributed by atoms with Crippen LogP contribution in [0.5, 0.6) is 0 Å². The van der Waals surface area contributed by atoms with Crippen molar-refractivity contribution in [2.24, 2.45) is 0 Å². The first-order valence-electron chi connectivity index (χ1n) is 9.32. The predicted molar refractivity (Wildman–Crippen MR) is 123 cm³/mol. The van der Waals surface area contributed by atoms with Gasteiger partial charge in [0.25, 0.3) is 15.9 Å². The maximum absolute atomic E-state index is 13.2. The van der Waals surface area contributed by atoms with E-state index in [1.54, 1.807) is 54.8 Å². The van der Waals surface area contributed by atoms with E-state index >= 15 is 0 Å². The number of carbonyl (C=O) groups excluding carboxylic acids is 2. The molecule has 2 N–H and O–H groups in total. The number of amides is 2. The molecule has 31 heavy (non-hydrogen) atoms. The van der Waals surface area contributed by atoms with Crippen molar-refractivity contribution in [3.63, 3.8) is 0 Å². The van der Waals surface area contributed by atoms with Crippen LogP contribution in [-0.4, -0.2) is 33.3 Å². The quantitative estimate of drug-likeness (QED) is 0.512. The molecule has 3 aromatic rings. The zero-order valence-electron chi connectivity index (χ0n) is 16.5. The second-order valence-corrected chi connectivity index (χ2v) is 9.57. The molecule has 0 unspecified atom stereocenters. The van der Waals surface area contributed by atoms with Crippen LogP contribution in [-0.2, 0) is 14.8 Å². The van der Waals surface area contributed by atoms with E-state index in [4.69, 9.17) is 11.6 Å². The molecule has 3 rings (SSSR count). The Labute approximate surface area is 189 Å². The molecular formula is C21H20ClN3O4S2. The first-order valence-corrected chi connectivity index (χ1v) is 12.0. The van der Waals surface area contributed by atoms with E-state index in [2.05, 4.69) is 10.6 Å². The average Bonchev–Trinajstić information content (AvgIpc) is 3.29. The molecular weight excluding hydrogens is 458 g/mol. The molecule has 0 aliphatic carbocycles. The summed E-state index contributed by atoms with van der Waals surface area (Å²) in [6.07, 6.45) is 0. The third kappa shape index (κ3) is 5.43. The second-order valence-electron chi connectivity index (χ2n) is 6.36. The Bertz CT molecular complexity index is 1170. The van der Waals surface area contributed by atoms with Gasteiger partial charge in [0.1, 0.15) is 0 Å². The van der Waals surface area contributed by atoms with Crippen LogP contribution < -0.4 is 14.9 Å². The van der Waals surface area contributed by atoms with Crippen LogP contribution in [0.1, 0.15) is 16.6 Å². The maximum atomic E-state index is 13.2. The number of benzene rings is 2. The number of nitrogens with one attached hydrogen (secondary N) is 2. The molecule has 0 aliphatic rings. The van der Waals surface area contributed by atoms with Crippen LogP contribution in [0.25, 0.3) is 0 Å². The van der Waals surface area contributed by atoms with Crippen molar-refractivity contribution < 1.29 is 18.0 Å². The summed E-state index contributed by atoms with van der Waals surface area (Å²) < 4.78 is 27.6. The molecule has 0 atom stereocenters. The number of hydrogen-bond donors (Lipinski definition) is 2. The molecule has 1 heterocycles. The Morgan fingerprint density at radius 3 is 2.45 bits per heavy atom. The van der Waals surface area contributed by atoms with Crippen molar-refractivity contribution in [2.45, 2.75) is 11.8 Å². The molecule has 10 heteroatoms. The largest absolute Gasteiger partial charge is 0.342 e. The van der Waals surface area contributed by atoms with Crippen LogP contribution in [0.3, 0.4) is 0 Å². The predicted octanol–water partition coefficient (Wildman–Crippen LogP) is 3.99. The van der Waals surface area contributed by atoms with Crippen LogP contribution >= 0.6 is 22.9 Å². The van der Waals surface area contributed by atoms with Gasteiger partial charge in [0.2, 0.25) is 5.91 Å². The van der Waals surface area contributed by atoms with E-state index in [9.17, 15) is 18.0 Å². The van der Waals surface area contributed by atoms with Crippen LogP contribution in [0.15, 0.2) is 70.9 Å². The van der Waals surface area contributed by atoms with Crippen LogP contribution in [0.2, 0.25) is 5.02 Å². The van der Waals surface area contributed by atoms with Crippen LogP contribution in [0, 0.1) is 0 Å². The van der Waals surface area contributed by atoms with Crippen molar-refractivity contribution in [3.8, 4) is 0 Å². The van der Waals surface area contributed by atoms with Crippen molar-refractivity contribution >= 4 is 56.2 Å². The molecule has 0 fully saturated rings. The number of halogens is 1. The van der Waals surface area contributed by atoms with Crippen molar-refractivity contribution in [1.82, 2.24) is 5.32 Å². The molecule has 1 aromatic heterocycles. The lowest BCUT2D eigenvalue weighted by Gasteiger charge is -2.23. The van der Waals surface area contributed by atoms with Gasteiger partial charge in [-0.1, -0.05) is 35.9 Å². The fourth-order valence-electron chi connectivity index (χ4n) is 2.82. The van der Waals surface area contributed by atoms with Gasteiger partial charge in [-0.15, -0.1) is 11.3 Å². The average molecular weight is 478 g/mol. The Hall–Kier alpha value is -2.88. The summed E-state index contributed by atoms with van der Waals surface area (Å²) in [6.45, 7) is 1.68. The number of hydrogen-bond acceptors (Lipinski definition) is 5. The number of anilines is 2. The molecule has 0 saturated heterocycles. The first-order chi connectivity index (χ1) is 14.8. The SMILES string of the molecule is CCN(c1ccccc1)S(=O)(=O)c1ccc(Cl)c(NC(=O)CNC(=O)c2cccs2)c1. The van der Waals surface area contributed by atoms with Crippen LogP contribution in [0.4, 0.5) is 11.4 Å². The number of rotatable bonds is 8. The van der Waals surface area contributed by atoms with Gasteiger partial charge in [-0.3, -0.25) is 13.9 Å². The summed E-state index contributed by atoms with van der Waals surface area (Å²) in [5, 5.41) is 7.00. The number of thiophene rings is 1. The van der Waals surface area contributed by atoms with E-state index in [1.165, 1.54) is 33.8 Å². The lowest BCUT2D eigenvalue weighted by atomic mass is 10.3. The van der Waals surface area contributed by atoms with Gasteiger partial charge >= 0.3 is 0 Å². The maximum Gasteiger partial charge on any atom is 0.264 e. The number of sulfonamides is 1. The van der Waals surface area contributed by atoms with E-state index in [0.29, 0.717) is 10.6 Å². The number of para-hydroxylation sites is 1. The van der Waals surface area contributed by atoms with E-state index < -0.39 is 15.9 Å². The minimum Gasteiger partial charge on any atom is -0.342 e. The zero-order chi connectivity index (χ0) is 22.4. The Kier molecular flexibility index (Phi) is 7.32.